The van der Waals surface area contributed by atoms with Gasteiger partial charge in [0.25, 0.3) is 0 Å². The lowest BCUT2D eigenvalue weighted by Crippen LogP contribution is -2.45. The van der Waals surface area contributed by atoms with Crippen LogP contribution in [0.3, 0.4) is 0 Å². The fourth-order valence-electron chi connectivity index (χ4n) is 5.02. The fraction of sp³-hybridized carbons (Fsp3) is 0.357. The van der Waals surface area contributed by atoms with Crippen molar-refractivity contribution < 1.29 is 19.1 Å². The zero-order valence-electron chi connectivity index (χ0n) is 19.4. The minimum atomic E-state index is -0.975. The highest BCUT2D eigenvalue weighted by molar-refractivity contribution is 5.86. The van der Waals surface area contributed by atoms with Crippen molar-refractivity contribution in [1.82, 2.24) is 10.2 Å². The second kappa shape index (κ2) is 10.8. The van der Waals surface area contributed by atoms with Gasteiger partial charge in [-0.3, -0.25) is 9.59 Å². The molecule has 1 amide bonds. The van der Waals surface area contributed by atoms with Crippen LogP contribution in [0.2, 0.25) is 0 Å². The van der Waals surface area contributed by atoms with Crippen molar-refractivity contribution >= 4 is 22.6 Å². The number of carboxylic acid groups (broad SMARTS) is 1. The molecule has 3 aromatic carbocycles. The van der Waals surface area contributed by atoms with Crippen LogP contribution in [0.5, 0.6) is 0 Å². The quantitative estimate of drug-likeness (QED) is 0.487. The third-order valence-corrected chi connectivity index (χ3v) is 6.91. The van der Waals surface area contributed by atoms with Gasteiger partial charge in [-0.15, -0.1) is 0 Å². The Morgan fingerprint density at radius 1 is 1.09 bits per heavy atom. The highest BCUT2D eigenvalue weighted by Crippen LogP contribution is 2.34. The Kier molecular flexibility index (Phi) is 7.58. The molecule has 3 aromatic rings. The average molecular weight is 463 g/mol. The Hall–Kier alpha value is -3.25. The van der Waals surface area contributed by atoms with Gasteiger partial charge < -0.3 is 15.3 Å². The molecule has 1 aliphatic heterocycles. The Balaban J connectivity index is 1.49. The number of hydrogen-bond donors (Lipinski definition) is 2. The minimum absolute atomic E-state index is 0.00770. The summed E-state index contributed by atoms with van der Waals surface area (Å²) in [6, 6.07) is 21.4. The third kappa shape index (κ3) is 5.62. The molecule has 0 saturated carbocycles. The third-order valence-electron chi connectivity index (χ3n) is 6.91. The maximum atomic E-state index is 14.0. The number of carboxylic acids is 1. The molecule has 5 nitrogen and oxygen atoms in total. The summed E-state index contributed by atoms with van der Waals surface area (Å²) in [6.45, 7) is 3.95. The molecule has 2 N–H and O–H groups in total. The van der Waals surface area contributed by atoms with Crippen molar-refractivity contribution in [3.8, 4) is 0 Å². The molecule has 1 fully saturated rings. The fourth-order valence-corrected chi connectivity index (χ4v) is 5.02. The van der Waals surface area contributed by atoms with E-state index in [1.165, 1.54) is 22.4 Å². The Morgan fingerprint density at radius 2 is 1.85 bits per heavy atom. The molecule has 2 unspecified atom stereocenters. The summed E-state index contributed by atoms with van der Waals surface area (Å²) in [5.41, 5.74) is 2.11. The van der Waals surface area contributed by atoms with E-state index in [0.717, 1.165) is 18.5 Å². The topological polar surface area (TPSA) is 69.6 Å². The van der Waals surface area contributed by atoms with Gasteiger partial charge in [0.1, 0.15) is 5.82 Å². The number of nitrogens with one attached hydrogen (secondary N) is 1. The van der Waals surface area contributed by atoms with E-state index in [9.17, 15) is 14.0 Å². The number of carbonyl (C=O) groups excluding carboxylic acids is 1. The number of amides is 1. The van der Waals surface area contributed by atoms with Crippen LogP contribution in [0.4, 0.5) is 4.39 Å². The zero-order valence-corrected chi connectivity index (χ0v) is 19.4. The van der Waals surface area contributed by atoms with E-state index in [4.69, 9.17) is 5.11 Å². The molecule has 1 aliphatic rings. The van der Waals surface area contributed by atoms with Gasteiger partial charge in [-0.2, -0.15) is 0 Å². The molecule has 0 aliphatic carbocycles. The van der Waals surface area contributed by atoms with Crippen LogP contribution < -0.4 is 5.32 Å². The van der Waals surface area contributed by atoms with Crippen LogP contribution in [0.1, 0.15) is 49.3 Å². The van der Waals surface area contributed by atoms with Crippen molar-refractivity contribution in [1.29, 1.82) is 0 Å². The lowest BCUT2D eigenvalue weighted by atomic mass is 9.80. The number of carbonyl (C=O) groups is 2. The smallest absolute Gasteiger partial charge is 0.303 e. The highest BCUT2D eigenvalue weighted by atomic mass is 19.1. The first-order valence-corrected chi connectivity index (χ1v) is 11.9. The number of hydrogen-bond acceptors (Lipinski definition) is 3. The number of piperidine rings is 1. The van der Waals surface area contributed by atoms with Crippen LogP contribution in [-0.2, 0) is 9.59 Å². The second-order valence-electron chi connectivity index (χ2n) is 9.14. The number of likely N-dealkylation sites (tertiary alicyclic amines) is 1. The summed E-state index contributed by atoms with van der Waals surface area (Å²) in [4.78, 5) is 25.2. The molecule has 0 radical (unpaired) electrons. The predicted octanol–water partition coefficient (Wildman–Crippen LogP) is 5.13. The van der Waals surface area contributed by atoms with E-state index in [2.05, 4.69) is 48.6 Å². The molecule has 0 aromatic heterocycles. The van der Waals surface area contributed by atoms with Gasteiger partial charge in [-0.05, 0) is 59.8 Å². The first-order chi connectivity index (χ1) is 16.4. The van der Waals surface area contributed by atoms with Crippen LogP contribution in [0.25, 0.3) is 10.8 Å². The SMILES string of the molecule is C[C@@H](NCC1CCN(C(=O)CCC(=O)O)CC1c1cccc(F)c1)c1cccc2ccccc12. The van der Waals surface area contributed by atoms with Crippen molar-refractivity contribution in [2.45, 2.75) is 38.1 Å². The molecule has 0 bridgehead atoms. The summed E-state index contributed by atoms with van der Waals surface area (Å²) < 4.78 is 14.0. The summed E-state index contributed by atoms with van der Waals surface area (Å²) in [6.07, 6.45) is 0.592. The first-order valence-electron chi connectivity index (χ1n) is 11.9. The van der Waals surface area contributed by atoms with Crippen LogP contribution in [0, 0.1) is 11.7 Å². The molecule has 178 valence electrons. The number of aliphatic carboxylic acids is 1. The highest BCUT2D eigenvalue weighted by Gasteiger charge is 2.33. The maximum absolute atomic E-state index is 14.0. The van der Waals surface area contributed by atoms with Crippen molar-refractivity contribution in [2.75, 3.05) is 19.6 Å². The Morgan fingerprint density at radius 3 is 2.65 bits per heavy atom. The molecule has 1 saturated heterocycles. The van der Waals surface area contributed by atoms with Gasteiger partial charge in [-0.25, -0.2) is 4.39 Å². The van der Waals surface area contributed by atoms with Crippen molar-refractivity contribution in [3.63, 3.8) is 0 Å². The maximum Gasteiger partial charge on any atom is 0.303 e. The summed E-state index contributed by atoms with van der Waals surface area (Å²) in [5.74, 6) is -1.22. The molecule has 6 heteroatoms. The van der Waals surface area contributed by atoms with Gasteiger partial charge in [0.2, 0.25) is 5.91 Å². The van der Waals surface area contributed by atoms with Crippen molar-refractivity contribution in [2.24, 2.45) is 5.92 Å². The number of rotatable bonds is 8. The van der Waals surface area contributed by atoms with Crippen LogP contribution in [0.15, 0.2) is 66.7 Å². The number of benzene rings is 3. The molecule has 34 heavy (non-hydrogen) atoms. The standard InChI is InChI=1S/C28H31FN2O3/c1-19(24-11-5-7-20-6-2-3-10-25(20)24)30-17-22-14-15-31(27(32)12-13-28(33)34)18-26(22)21-8-4-9-23(29)16-21/h2-11,16,19,22,26,30H,12-15,17-18H2,1H3,(H,33,34)/t19-,22?,26?/m1/s1. The Labute approximate surface area is 199 Å². The second-order valence-corrected chi connectivity index (χ2v) is 9.14. The van der Waals surface area contributed by atoms with E-state index in [-0.39, 0.29) is 42.4 Å². The minimum Gasteiger partial charge on any atom is -0.481 e. The van der Waals surface area contributed by atoms with E-state index in [0.29, 0.717) is 13.1 Å². The first kappa shape index (κ1) is 23.9. The lowest BCUT2D eigenvalue weighted by Gasteiger charge is -2.39. The van der Waals surface area contributed by atoms with Gasteiger partial charge >= 0.3 is 5.97 Å². The van der Waals surface area contributed by atoms with Gasteiger partial charge in [-0.1, -0.05) is 54.6 Å². The molecular weight excluding hydrogens is 431 g/mol. The van der Waals surface area contributed by atoms with E-state index >= 15 is 0 Å². The monoisotopic (exact) mass is 462 g/mol. The molecule has 0 spiro atoms. The lowest BCUT2D eigenvalue weighted by molar-refractivity contribution is -0.141. The van der Waals surface area contributed by atoms with Crippen LogP contribution >= 0.6 is 0 Å². The van der Waals surface area contributed by atoms with E-state index in [1.807, 2.05) is 12.1 Å². The van der Waals surface area contributed by atoms with Crippen molar-refractivity contribution in [3.05, 3.63) is 83.7 Å². The summed E-state index contributed by atoms with van der Waals surface area (Å²) in [7, 11) is 0. The Bertz CT molecular complexity index is 1160. The molecule has 1 heterocycles. The van der Waals surface area contributed by atoms with E-state index in [1.54, 1.807) is 17.0 Å². The van der Waals surface area contributed by atoms with E-state index < -0.39 is 5.97 Å². The van der Waals surface area contributed by atoms with Gasteiger partial charge in [0.05, 0.1) is 6.42 Å². The number of nitrogens with zero attached hydrogens (tertiary/aromatic N) is 1. The van der Waals surface area contributed by atoms with Gasteiger partial charge in [0, 0.05) is 31.5 Å². The normalized spacial score (nSPS) is 19.2. The predicted molar refractivity (Wildman–Crippen MR) is 131 cm³/mol. The summed E-state index contributed by atoms with van der Waals surface area (Å²) in [5, 5.41) is 15.0. The molecular formula is C28H31FN2O3. The van der Waals surface area contributed by atoms with Crippen LogP contribution in [-0.4, -0.2) is 41.5 Å². The average Bonchev–Trinajstić information content (AvgIpc) is 2.85. The van der Waals surface area contributed by atoms with Gasteiger partial charge in [0.15, 0.2) is 0 Å². The zero-order chi connectivity index (χ0) is 24.1. The largest absolute Gasteiger partial charge is 0.481 e. The molecule has 3 atom stereocenters. The number of halogens is 1. The summed E-state index contributed by atoms with van der Waals surface area (Å²) >= 11 is 0. The number of fused-ring (bicyclic) bond motifs is 1. The molecule has 4 rings (SSSR count).